The van der Waals surface area contributed by atoms with Gasteiger partial charge in [-0.25, -0.2) is 4.63 Å². The molecule has 1 heterocycles. The van der Waals surface area contributed by atoms with E-state index >= 15 is 0 Å². The Morgan fingerprint density at radius 2 is 2.38 bits per heavy atom. The first-order valence-electron chi connectivity index (χ1n) is 4.48. The number of fused-ring (bicyclic) bond motifs is 1. The fraction of sp³-hybridized carbons (Fsp3) is 0.111. The molecule has 0 spiro atoms. The van der Waals surface area contributed by atoms with Gasteiger partial charge in [-0.1, -0.05) is 6.08 Å². The normalized spacial score (nSPS) is 10.2. The third kappa shape index (κ3) is 1.58. The van der Waals surface area contributed by atoms with E-state index in [2.05, 4.69) is 26.8 Å². The standard InChI is InChI=1S/C9H8N4O3/c1-2-5-10-9-7(13(14)15)4-3-6-8(9)12-16-11-6/h2-4,10H,1,5H2. The first kappa shape index (κ1) is 10.1. The number of nitro benzene ring substituents is 1. The molecule has 0 amide bonds. The highest BCUT2D eigenvalue weighted by atomic mass is 16.6. The Morgan fingerprint density at radius 3 is 3.06 bits per heavy atom. The largest absolute Gasteiger partial charge is 0.374 e. The van der Waals surface area contributed by atoms with Crippen LogP contribution in [0.4, 0.5) is 11.4 Å². The predicted molar refractivity (Wildman–Crippen MR) is 57.1 cm³/mol. The molecule has 0 fully saturated rings. The first-order valence-corrected chi connectivity index (χ1v) is 4.48. The Morgan fingerprint density at radius 1 is 1.56 bits per heavy atom. The number of nitrogens with one attached hydrogen (secondary N) is 1. The topological polar surface area (TPSA) is 94.1 Å². The van der Waals surface area contributed by atoms with Gasteiger partial charge in [0.15, 0.2) is 5.52 Å². The molecule has 0 aliphatic carbocycles. The van der Waals surface area contributed by atoms with Crippen LogP contribution in [0.1, 0.15) is 0 Å². The minimum atomic E-state index is -0.487. The molecule has 1 aromatic heterocycles. The van der Waals surface area contributed by atoms with Crippen molar-refractivity contribution in [2.24, 2.45) is 0 Å². The van der Waals surface area contributed by atoms with Crippen LogP contribution in [0.25, 0.3) is 11.0 Å². The third-order valence-corrected chi connectivity index (χ3v) is 2.03. The summed E-state index contributed by atoms with van der Waals surface area (Å²) in [6, 6.07) is 2.85. The molecule has 0 atom stereocenters. The molecule has 2 rings (SSSR count). The second kappa shape index (κ2) is 3.97. The van der Waals surface area contributed by atoms with Gasteiger partial charge in [0, 0.05) is 12.6 Å². The lowest BCUT2D eigenvalue weighted by atomic mass is 10.2. The molecule has 7 heteroatoms. The monoisotopic (exact) mass is 220 g/mol. The van der Waals surface area contributed by atoms with Crippen molar-refractivity contribution in [1.29, 1.82) is 0 Å². The molecule has 1 N–H and O–H groups in total. The van der Waals surface area contributed by atoms with Crippen LogP contribution in [0.15, 0.2) is 29.4 Å². The predicted octanol–water partition coefficient (Wildman–Crippen LogP) is 1.73. The lowest BCUT2D eigenvalue weighted by Crippen LogP contribution is -2.02. The summed E-state index contributed by atoms with van der Waals surface area (Å²) in [4.78, 5) is 10.3. The number of hydrogen-bond acceptors (Lipinski definition) is 6. The number of nitrogens with zero attached hydrogens (tertiary/aromatic N) is 3. The van der Waals surface area contributed by atoms with Crippen molar-refractivity contribution < 1.29 is 9.55 Å². The summed E-state index contributed by atoms with van der Waals surface area (Å²) in [5, 5.41) is 20.9. The van der Waals surface area contributed by atoms with Crippen molar-refractivity contribution in [3.05, 3.63) is 34.9 Å². The zero-order valence-corrected chi connectivity index (χ0v) is 8.21. The minimum Gasteiger partial charge on any atom is -0.374 e. The van der Waals surface area contributed by atoms with Gasteiger partial charge in [-0.3, -0.25) is 10.1 Å². The van der Waals surface area contributed by atoms with Crippen molar-refractivity contribution in [1.82, 2.24) is 10.3 Å². The van der Waals surface area contributed by atoms with E-state index in [1.54, 1.807) is 6.08 Å². The zero-order chi connectivity index (χ0) is 11.5. The number of anilines is 1. The van der Waals surface area contributed by atoms with Crippen LogP contribution in [0.2, 0.25) is 0 Å². The number of rotatable bonds is 4. The second-order valence-corrected chi connectivity index (χ2v) is 3.02. The molecule has 16 heavy (non-hydrogen) atoms. The van der Waals surface area contributed by atoms with Crippen LogP contribution >= 0.6 is 0 Å². The molecule has 0 bridgehead atoms. The summed E-state index contributed by atoms with van der Waals surface area (Å²) in [7, 11) is 0. The first-order chi connectivity index (χ1) is 7.74. The lowest BCUT2D eigenvalue weighted by molar-refractivity contribution is -0.383. The molecule has 2 aromatic rings. The van der Waals surface area contributed by atoms with Crippen LogP contribution in [0.5, 0.6) is 0 Å². The van der Waals surface area contributed by atoms with Gasteiger partial charge in [0.05, 0.1) is 4.92 Å². The fourth-order valence-corrected chi connectivity index (χ4v) is 1.34. The summed E-state index contributed by atoms with van der Waals surface area (Å²) in [5.74, 6) is 0. The molecule has 0 unspecified atom stereocenters. The number of aromatic nitrogens is 2. The van der Waals surface area contributed by atoms with E-state index in [1.165, 1.54) is 12.1 Å². The molecular weight excluding hydrogens is 212 g/mol. The van der Waals surface area contributed by atoms with Gasteiger partial charge in [0.2, 0.25) is 0 Å². The molecular formula is C9H8N4O3. The average molecular weight is 220 g/mol. The van der Waals surface area contributed by atoms with Gasteiger partial charge in [0.25, 0.3) is 5.69 Å². The highest BCUT2D eigenvalue weighted by Gasteiger charge is 2.19. The van der Waals surface area contributed by atoms with Crippen molar-refractivity contribution >= 4 is 22.4 Å². The van der Waals surface area contributed by atoms with Crippen LogP contribution in [-0.4, -0.2) is 21.8 Å². The maximum Gasteiger partial charge on any atom is 0.294 e. The van der Waals surface area contributed by atoms with Gasteiger partial charge in [-0.2, -0.15) is 0 Å². The van der Waals surface area contributed by atoms with Gasteiger partial charge < -0.3 is 5.32 Å². The fourth-order valence-electron chi connectivity index (χ4n) is 1.34. The molecule has 0 saturated heterocycles. The Hall–Kier alpha value is -2.44. The molecule has 7 nitrogen and oxygen atoms in total. The second-order valence-electron chi connectivity index (χ2n) is 3.02. The lowest BCUT2D eigenvalue weighted by Gasteiger charge is -2.03. The quantitative estimate of drug-likeness (QED) is 0.479. The van der Waals surface area contributed by atoms with Crippen molar-refractivity contribution in [3.8, 4) is 0 Å². The van der Waals surface area contributed by atoms with Crippen molar-refractivity contribution in [3.63, 3.8) is 0 Å². The van der Waals surface area contributed by atoms with E-state index in [9.17, 15) is 10.1 Å². The molecule has 0 aliphatic rings. The van der Waals surface area contributed by atoms with Gasteiger partial charge in [0.1, 0.15) is 11.2 Å². The van der Waals surface area contributed by atoms with E-state index in [0.29, 0.717) is 23.3 Å². The average Bonchev–Trinajstić information content (AvgIpc) is 2.73. The van der Waals surface area contributed by atoms with Crippen molar-refractivity contribution in [2.45, 2.75) is 0 Å². The Balaban J connectivity index is 2.60. The van der Waals surface area contributed by atoms with E-state index in [-0.39, 0.29) is 5.69 Å². The van der Waals surface area contributed by atoms with Crippen LogP contribution < -0.4 is 5.32 Å². The summed E-state index contributed by atoms with van der Waals surface area (Å²) in [6.45, 7) is 3.92. The molecule has 82 valence electrons. The summed E-state index contributed by atoms with van der Waals surface area (Å²) in [6.07, 6.45) is 1.59. The molecule has 0 radical (unpaired) electrons. The van der Waals surface area contributed by atoms with Crippen LogP contribution in [-0.2, 0) is 0 Å². The van der Waals surface area contributed by atoms with Gasteiger partial charge in [-0.05, 0) is 16.4 Å². The summed E-state index contributed by atoms with van der Waals surface area (Å²) in [5.41, 5.74) is 1.04. The SMILES string of the molecule is C=CCNc1c([N+](=O)[O-])ccc2nonc12. The van der Waals surface area contributed by atoms with E-state index in [4.69, 9.17) is 0 Å². The van der Waals surface area contributed by atoms with E-state index in [1.807, 2.05) is 0 Å². The van der Waals surface area contributed by atoms with Gasteiger partial charge >= 0.3 is 0 Å². The van der Waals surface area contributed by atoms with E-state index < -0.39 is 4.92 Å². The maximum absolute atomic E-state index is 10.8. The number of hydrogen-bond donors (Lipinski definition) is 1. The highest BCUT2D eigenvalue weighted by molar-refractivity contribution is 5.92. The number of benzene rings is 1. The van der Waals surface area contributed by atoms with Crippen LogP contribution in [0, 0.1) is 10.1 Å². The zero-order valence-electron chi connectivity index (χ0n) is 8.21. The Kier molecular flexibility index (Phi) is 2.50. The Labute approximate surface area is 89.9 Å². The molecule has 1 aromatic carbocycles. The Bertz CT molecular complexity index is 549. The van der Waals surface area contributed by atoms with Crippen molar-refractivity contribution in [2.75, 3.05) is 11.9 Å². The molecule has 0 saturated carbocycles. The minimum absolute atomic E-state index is 0.0648. The maximum atomic E-state index is 10.8. The third-order valence-electron chi connectivity index (χ3n) is 2.03. The van der Waals surface area contributed by atoms with Gasteiger partial charge in [-0.15, -0.1) is 6.58 Å². The summed E-state index contributed by atoms with van der Waals surface area (Å²) < 4.78 is 4.53. The van der Waals surface area contributed by atoms with Crippen LogP contribution in [0.3, 0.4) is 0 Å². The van der Waals surface area contributed by atoms with E-state index in [0.717, 1.165) is 0 Å². The highest BCUT2D eigenvalue weighted by Crippen LogP contribution is 2.30. The molecule has 0 aliphatic heterocycles. The number of nitro groups is 1. The summed E-state index contributed by atoms with van der Waals surface area (Å²) >= 11 is 0. The smallest absolute Gasteiger partial charge is 0.294 e.